The van der Waals surface area contributed by atoms with Crippen LogP contribution in [0.2, 0.25) is 0 Å². The number of aliphatic hydroxyl groups is 1. The van der Waals surface area contributed by atoms with Crippen molar-refractivity contribution in [3.8, 4) is 5.75 Å². The van der Waals surface area contributed by atoms with Crippen molar-refractivity contribution in [1.29, 1.82) is 0 Å². The fraction of sp³-hybridized carbons (Fsp3) is 0.381. The van der Waals surface area contributed by atoms with Crippen LogP contribution in [0, 0.1) is 0 Å². The molecular weight excluding hydrogens is 312 g/mol. The number of fused-ring (bicyclic) bond motifs is 1. The van der Waals surface area contributed by atoms with E-state index in [1.807, 2.05) is 30.3 Å². The molecule has 0 aliphatic rings. The van der Waals surface area contributed by atoms with Crippen molar-refractivity contribution in [2.24, 2.45) is 0 Å². The Morgan fingerprint density at radius 2 is 1.76 bits per heavy atom. The highest BCUT2D eigenvalue weighted by molar-refractivity contribution is 5.75. The minimum Gasteiger partial charge on any atom is -0.492 e. The Morgan fingerprint density at radius 1 is 1.04 bits per heavy atom. The summed E-state index contributed by atoms with van der Waals surface area (Å²) in [6.07, 6.45) is 0.551. The van der Waals surface area contributed by atoms with Crippen molar-refractivity contribution in [3.63, 3.8) is 0 Å². The van der Waals surface area contributed by atoms with Crippen LogP contribution in [0.5, 0.6) is 5.75 Å². The second kappa shape index (κ2) is 7.28. The maximum atomic E-state index is 9.28. The first-order chi connectivity index (χ1) is 12.0. The molecule has 3 aromatic rings. The molecule has 1 N–H and O–H groups in total. The zero-order valence-electron chi connectivity index (χ0n) is 15.2. The van der Waals surface area contributed by atoms with E-state index in [2.05, 4.69) is 48.5 Å². The van der Waals surface area contributed by atoms with Crippen LogP contribution in [-0.2, 0) is 18.4 Å². The summed E-state index contributed by atoms with van der Waals surface area (Å²) >= 11 is 0. The highest BCUT2D eigenvalue weighted by atomic mass is 16.5. The lowest BCUT2D eigenvalue weighted by Gasteiger charge is -2.19. The molecule has 0 atom stereocenters. The van der Waals surface area contributed by atoms with Gasteiger partial charge in [-0.1, -0.05) is 45.0 Å². The van der Waals surface area contributed by atoms with Gasteiger partial charge in [-0.2, -0.15) is 0 Å². The van der Waals surface area contributed by atoms with Crippen molar-refractivity contribution in [2.75, 3.05) is 13.2 Å². The second-order valence-electron chi connectivity index (χ2n) is 7.26. The van der Waals surface area contributed by atoms with E-state index in [0.717, 1.165) is 22.6 Å². The minimum absolute atomic E-state index is 0.0957. The van der Waals surface area contributed by atoms with E-state index in [0.29, 0.717) is 19.6 Å². The number of ether oxygens (including phenoxy) is 1. The molecule has 4 heteroatoms. The number of para-hydroxylation sites is 2. The third kappa shape index (κ3) is 4.02. The van der Waals surface area contributed by atoms with Gasteiger partial charge < -0.3 is 14.4 Å². The number of aliphatic hydroxyl groups excluding tert-OH is 1. The Bertz CT molecular complexity index is 829. The fourth-order valence-electron chi connectivity index (χ4n) is 2.97. The molecule has 0 saturated heterocycles. The maximum Gasteiger partial charge on any atom is 0.119 e. The van der Waals surface area contributed by atoms with E-state index in [1.165, 1.54) is 5.56 Å². The van der Waals surface area contributed by atoms with E-state index < -0.39 is 0 Å². The molecule has 0 bridgehead atoms. The van der Waals surface area contributed by atoms with Crippen molar-refractivity contribution in [1.82, 2.24) is 9.55 Å². The lowest BCUT2D eigenvalue weighted by Crippen LogP contribution is -2.13. The minimum atomic E-state index is 0.0957. The van der Waals surface area contributed by atoms with Crippen LogP contribution >= 0.6 is 0 Å². The summed E-state index contributed by atoms with van der Waals surface area (Å²) in [7, 11) is 0. The van der Waals surface area contributed by atoms with Crippen molar-refractivity contribution < 1.29 is 9.84 Å². The number of nitrogens with zero attached hydrogens (tertiary/aromatic N) is 2. The lowest BCUT2D eigenvalue weighted by molar-refractivity contribution is 0.283. The molecule has 0 aliphatic carbocycles. The Morgan fingerprint density at radius 3 is 2.44 bits per heavy atom. The summed E-state index contributed by atoms with van der Waals surface area (Å²) in [6, 6.07) is 16.4. The summed E-state index contributed by atoms with van der Waals surface area (Å²) in [4.78, 5) is 4.61. The molecule has 2 aromatic carbocycles. The Labute approximate surface area is 149 Å². The van der Waals surface area contributed by atoms with Gasteiger partial charge >= 0.3 is 0 Å². The predicted molar refractivity (Wildman–Crippen MR) is 101 cm³/mol. The summed E-state index contributed by atoms with van der Waals surface area (Å²) in [5.74, 6) is 1.77. The van der Waals surface area contributed by atoms with E-state index in [1.54, 1.807) is 0 Å². The summed E-state index contributed by atoms with van der Waals surface area (Å²) in [5.41, 5.74) is 3.48. The van der Waals surface area contributed by atoms with Crippen LogP contribution in [0.3, 0.4) is 0 Å². The van der Waals surface area contributed by atoms with Gasteiger partial charge in [0.2, 0.25) is 0 Å². The lowest BCUT2D eigenvalue weighted by atomic mass is 9.87. The van der Waals surface area contributed by atoms with Crippen LogP contribution in [-0.4, -0.2) is 27.9 Å². The number of rotatable bonds is 6. The highest BCUT2D eigenvalue weighted by Crippen LogP contribution is 2.24. The van der Waals surface area contributed by atoms with Gasteiger partial charge in [0, 0.05) is 6.42 Å². The van der Waals surface area contributed by atoms with Gasteiger partial charge in [-0.3, -0.25) is 0 Å². The molecule has 0 aliphatic heterocycles. The van der Waals surface area contributed by atoms with E-state index in [4.69, 9.17) is 4.74 Å². The second-order valence-corrected chi connectivity index (χ2v) is 7.26. The molecule has 1 aromatic heterocycles. The molecule has 3 rings (SSSR count). The third-order valence-electron chi connectivity index (χ3n) is 4.37. The molecule has 4 nitrogen and oxygen atoms in total. The Balaban J connectivity index is 1.69. The van der Waals surface area contributed by atoms with Crippen LogP contribution in [0.25, 0.3) is 11.0 Å². The standard InChI is InChI=1S/C21H26N2O2/c1-21(2,3)16-8-10-17(11-9-16)25-15-13-23-19-7-5-4-6-18(19)22-20(23)12-14-24/h4-11,24H,12-15H2,1-3H3. The van der Waals surface area contributed by atoms with E-state index in [-0.39, 0.29) is 12.0 Å². The number of aromatic nitrogens is 2. The molecule has 0 amide bonds. The van der Waals surface area contributed by atoms with Crippen molar-refractivity contribution in [3.05, 3.63) is 59.9 Å². The zero-order chi connectivity index (χ0) is 17.9. The monoisotopic (exact) mass is 338 g/mol. The maximum absolute atomic E-state index is 9.28. The zero-order valence-corrected chi connectivity index (χ0v) is 15.2. The topological polar surface area (TPSA) is 47.3 Å². The smallest absolute Gasteiger partial charge is 0.119 e. The summed E-state index contributed by atoms with van der Waals surface area (Å²) < 4.78 is 8.05. The number of benzene rings is 2. The quantitative estimate of drug-likeness (QED) is 0.740. The average Bonchev–Trinajstić information content (AvgIpc) is 2.93. The van der Waals surface area contributed by atoms with Gasteiger partial charge in [0.25, 0.3) is 0 Å². The van der Waals surface area contributed by atoms with E-state index in [9.17, 15) is 5.11 Å². The normalized spacial score (nSPS) is 11.8. The molecular formula is C21H26N2O2. The van der Waals surface area contributed by atoms with Crippen molar-refractivity contribution in [2.45, 2.75) is 39.2 Å². The van der Waals surface area contributed by atoms with Gasteiger partial charge in [-0.15, -0.1) is 0 Å². The molecule has 0 unspecified atom stereocenters. The van der Waals surface area contributed by atoms with Crippen LogP contribution < -0.4 is 4.74 Å². The van der Waals surface area contributed by atoms with E-state index >= 15 is 0 Å². The summed E-state index contributed by atoms with van der Waals surface area (Å²) in [6.45, 7) is 7.98. The van der Waals surface area contributed by atoms with Crippen LogP contribution in [0.15, 0.2) is 48.5 Å². The van der Waals surface area contributed by atoms with Gasteiger partial charge in [-0.25, -0.2) is 4.98 Å². The van der Waals surface area contributed by atoms with Gasteiger partial charge in [0.1, 0.15) is 18.2 Å². The molecule has 0 fully saturated rings. The van der Waals surface area contributed by atoms with Gasteiger partial charge in [0.15, 0.2) is 0 Å². The summed E-state index contributed by atoms with van der Waals surface area (Å²) in [5, 5.41) is 9.28. The fourth-order valence-corrected chi connectivity index (χ4v) is 2.97. The first-order valence-corrected chi connectivity index (χ1v) is 8.77. The first kappa shape index (κ1) is 17.5. The third-order valence-corrected chi connectivity index (χ3v) is 4.37. The molecule has 0 spiro atoms. The van der Waals surface area contributed by atoms with Crippen molar-refractivity contribution >= 4 is 11.0 Å². The number of hydrogen-bond donors (Lipinski definition) is 1. The Kier molecular flexibility index (Phi) is 5.09. The van der Waals surface area contributed by atoms with Crippen LogP contribution in [0.1, 0.15) is 32.2 Å². The largest absolute Gasteiger partial charge is 0.492 e. The number of imidazole rings is 1. The highest BCUT2D eigenvalue weighted by Gasteiger charge is 2.13. The molecule has 25 heavy (non-hydrogen) atoms. The predicted octanol–water partition coefficient (Wildman–Crippen LogP) is 3.95. The van der Waals surface area contributed by atoms with Gasteiger partial charge in [-0.05, 0) is 35.2 Å². The van der Waals surface area contributed by atoms with Crippen LogP contribution in [0.4, 0.5) is 0 Å². The average molecular weight is 338 g/mol. The SMILES string of the molecule is CC(C)(C)c1ccc(OCCn2c(CCO)nc3ccccc32)cc1. The Hall–Kier alpha value is -2.33. The molecule has 0 radical (unpaired) electrons. The first-order valence-electron chi connectivity index (χ1n) is 8.77. The van der Waals surface area contributed by atoms with Gasteiger partial charge in [0.05, 0.1) is 24.2 Å². The molecule has 1 heterocycles. The number of hydrogen-bond acceptors (Lipinski definition) is 3. The molecule has 132 valence electrons. The molecule has 0 saturated carbocycles.